The third-order valence-corrected chi connectivity index (χ3v) is 4.57. The standard InChI is InChI=1S/C21H42O/c1-2-3-4-5-6-7-8-9-10-11-12-13-14-15-16-17-18-19-20-21-22/h2,22H,1,3-21H2. The van der Waals surface area contributed by atoms with E-state index >= 15 is 0 Å². The van der Waals surface area contributed by atoms with Gasteiger partial charge in [0.1, 0.15) is 0 Å². The Labute approximate surface area is 140 Å². The predicted molar refractivity (Wildman–Crippen MR) is 100 cm³/mol. The minimum atomic E-state index is 0.370. The lowest BCUT2D eigenvalue weighted by atomic mass is 10.0. The maximum Gasteiger partial charge on any atom is 0.0431 e. The van der Waals surface area contributed by atoms with Gasteiger partial charge >= 0.3 is 0 Å². The van der Waals surface area contributed by atoms with E-state index < -0.39 is 0 Å². The van der Waals surface area contributed by atoms with Crippen molar-refractivity contribution in [1.82, 2.24) is 0 Å². The van der Waals surface area contributed by atoms with Gasteiger partial charge in [-0.15, -0.1) is 6.58 Å². The summed E-state index contributed by atoms with van der Waals surface area (Å²) in [4.78, 5) is 0. The molecule has 0 amide bonds. The summed E-state index contributed by atoms with van der Waals surface area (Å²) in [6, 6.07) is 0. The Hall–Kier alpha value is -0.300. The Balaban J connectivity index is 2.92. The van der Waals surface area contributed by atoms with Gasteiger partial charge in [0.25, 0.3) is 0 Å². The van der Waals surface area contributed by atoms with E-state index in [1.807, 2.05) is 6.08 Å². The average molecular weight is 311 g/mol. The molecule has 0 aromatic carbocycles. The topological polar surface area (TPSA) is 20.2 Å². The van der Waals surface area contributed by atoms with E-state index in [0.717, 1.165) is 6.42 Å². The molecule has 22 heavy (non-hydrogen) atoms. The average Bonchev–Trinajstić information content (AvgIpc) is 2.54. The lowest BCUT2D eigenvalue weighted by Gasteiger charge is -2.03. The molecule has 1 N–H and O–H groups in total. The summed E-state index contributed by atoms with van der Waals surface area (Å²) >= 11 is 0. The molecule has 0 atom stereocenters. The Kier molecular flexibility index (Phi) is 20.4. The number of hydrogen-bond donors (Lipinski definition) is 1. The third kappa shape index (κ3) is 19.7. The summed E-state index contributed by atoms with van der Waals surface area (Å²) in [5.41, 5.74) is 0. The Bertz CT molecular complexity index is 200. The lowest BCUT2D eigenvalue weighted by molar-refractivity contribution is 0.282. The summed E-state index contributed by atoms with van der Waals surface area (Å²) in [5.74, 6) is 0. The quantitative estimate of drug-likeness (QED) is 0.198. The summed E-state index contributed by atoms with van der Waals surface area (Å²) in [5, 5.41) is 8.70. The van der Waals surface area contributed by atoms with Gasteiger partial charge in [0, 0.05) is 6.61 Å². The molecule has 0 rings (SSSR count). The van der Waals surface area contributed by atoms with Crippen LogP contribution >= 0.6 is 0 Å². The molecule has 1 nitrogen and oxygen atoms in total. The fraction of sp³-hybridized carbons (Fsp3) is 0.905. The molecule has 0 unspecified atom stereocenters. The summed E-state index contributed by atoms with van der Waals surface area (Å²) in [6.45, 7) is 4.14. The van der Waals surface area contributed by atoms with Crippen LogP contribution in [0.1, 0.15) is 116 Å². The van der Waals surface area contributed by atoms with Crippen LogP contribution in [-0.4, -0.2) is 11.7 Å². The number of allylic oxidation sites excluding steroid dienone is 1. The van der Waals surface area contributed by atoms with Crippen molar-refractivity contribution >= 4 is 0 Å². The van der Waals surface area contributed by atoms with Gasteiger partial charge in [-0.05, 0) is 19.3 Å². The Morgan fingerprint density at radius 3 is 1.00 bits per heavy atom. The first kappa shape index (κ1) is 21.7. The summed E-state index contributed by atoms with van der Waals surface area (Å²) < 4.78 is 0. The monoisotopic (exact) mass is 310 g/mol. The molecule has 0 aromatic rings. The van der Waals surface area contributed by atoms with Crippen molar-refractivity contribution in [3.63, 3.8) is 0 Å². The van der Waals surface area contributed by atoms with Crippen molar-refractivity contribution < 1.29 is 5.11 Å². The minimum Gasteiger partial charge on any atom is -0.396 e. The van der Waals surface area contributed by atoms with Crippen molar-refractivity contribution in [3.05, 3.63) is 12.7 Å². The van der Waals surface area contributed by atoms with Crippen LogP contribution in [0.15, 0.2) is 12.7 Å². The highest BCUT2D eigenvalue weighted by Gasteiger charge is 1.94. The normalized spacial score (nSPS) is 11.0. The van der Waals surface area contributed by atoms with Crippen molar-refractivity contribution in [2.45, 2.75) is 116 Å². The molecule has 0 spiro atoms. The molecule has 0 aromatic heterocycles. The summed E-state index contributed by atoms with van der Waals surface area (Å²) in [6.07, 6.45) is 26.7. The predicted octanol–water partition coefficient (Wildman–Crippen LogP) is 7.19. The zero-order chi connectivity index (χ0) is 16.1. The van der Waals surface area contributed by atoms with E-state index in [1.165, 1.54) is 109 Å². The molecular formula is C21H42O. The van der Waals surface area contributed by atoms with Gasteiger partial charge in [-0.1, -0.05) is 102 Å². The highest BCUT2D eigenvalue weighted by Crippen LogP contribution is 2.14. The SMILES string of the molecule is C=CCCCCCCCCCCCCCCCCCCCO. The number of rotatable bonds is 19. The van der Waals surface area contributed by atoms with Crippen LogP contribution in [0.2, 0.25) is 0 Å². The van der Waals surface area contributed by atoms with Gasteiger partial charge in [-0.3, -0.25) is 0 Å². The van der Waals surface area contributed by atoms with Gasteiger partial charge in [0.2, 0.25) is 0 Å². The molecule has 0 aliphatic heterocycles. The van der Waals surface area contributed by atoms with Crippen LogP contribution in [-0.2, 0) is 0 Å². The fourth-order valence-electron chi connectivity index (χ4n) is 3.05. The molecule has 0 aliphatic rings. The molecule has 0 aliphatic carbocycles. The van der Waals surface area contributed by atoms with Crippen LogP contribution in [0.3, 0.4) is 0 Å². The van der Waals surface area contributed by atoms with Crippen molar-refractivity contribution in [1.29, 1.82) is 0 Å². The van der Waals surface area contributed by atoms with Crippen LogP contribution in [0.25, 0.3) is 0 Å². The highest BCUT2D eigenvalue weighted by atomic mass is 16.2. The van der Waals surface area contributed by atoms with Crippen LogP contribution < -0.4 is 0 Å². The van der Waals surface area contributed by atoms with E-state index in [2.05, 4.69) is 6.58 Å². The van der Waals surface area contributed by atoms with Crippen molar-refractivity contribution in [2.24, 2.45) is 0 Å². The molecule has 0 bridgehead atoms. The second-order valence-electron chi connectivity index (χ2n) is 6.81. The Morgan fingerprint density at radius 2 is 0.727 bits per heavy atom. The fourth-order valence-corrected chi connectivity index (χ4v) is 3.05. The van der Waals surface area contributed by atoms with E-state index in [1.54, 1.807) is 0 Å². The zero-order valence-corrected chi connectivity index (χ0v) is 15.2. The molecule has 0 fully saturated rings. The number of aliphatic hydroxyl groups excluding tert-OH is 1. The third-order valence-electron chi connectivity index (χ3n) is 4.57. The maximum absolute atomic E-state index is 8.70. The molecule has 0 saturated carbocycles. The molecule has 132 valence electrons. The maximum atomic E-state index is 8.70. The highest BCUT2D eigenvalue weighted by molar-refractivity contribution is 4.65. The van der Waals surface area contributed by atoms with Gasteiger partial charge in [-0.2, -0.15) is 0 Å². The van der Waals surface area contributed by atoms with Crippen LogP contribution in [0, 0.1) is 0 Å². The molecular weight excluding hydrogens is 268 g/mol. The smallest absolute Gasteiger partial charge is 0.0431 e. The number of unbranched alkanes of at least 4 members (excludes halogenated alkanes) is 17. The van der Waals surface area contributed by atoms with E-state index in [4.69, 9.17) is 5.11 Å². The van der Waals surface area contributed by atoms with Crippen molar-refractivity contribution in [2.75, 3.05) is 6.61 Å². The summed E-state index contributed by atoms with van der Waals surface area (Å²) in [7, 11) is 0. The molecule has 0 saturated heterocycles. The van der Waals surface area contributed by atoms with E-state index in [9.17, 15) is 0 Å². The first-order chi connectivity index (χ1) is 10.9. The molecule has 1 heteroatoms. The lowest BCUT2D eigenvalue weighted by Crippen LogP contribution is -1.85. The van der Waals surface area contributed by atoms with Gasteiger partial charge in [0.05, 0.1) is 0 Å². The van der Waals surface area contributed by atoms with Gasteiger partial charge in [0.15, 0.2) is 0 Å². The van der Waals surface area contributed by atoms with Gasteiger partial charge < -0.3 is 5.11 Å². The number of hydrogen-bond acceptors (Lipinski definition) is 1. The van der Waals surface area contributed by atoms with E-state index in [0.29, 0.717) is 6.61 Å². The second kappa shape index (κ2) is 20.7. The number of aliphatic hydroxyl groups is 1. The second-order valence-corrected chi connectivity index (χ2v) is 6.81. The Morgan fingerprint density at radius 1 is 0.455 bits per heavy atom. The zero-order valence-electron chi connectivity index (χ0n) is 15.2. The first-order valence-corrected chi connectivity index (χ1v) is 10.1. The van der Waals surface area contributed by atoms with Crippen LogP contribution in [0.5, 0.6) is 0 Å². The van der Waals surface area contributed by atoms with E-state index in [-0.39, 0.29) is 0 Å². The molecule has 0 radical (unpaired) electrons. The van der Waals surface area contributed by atoms with Crippen molar-refractivity contribution in [3.8, 4) is 0 Å². The van der Waals surface area contributed by atoms with Gasteiger partial charge in [-0.25, -0.2) is 0 Å². The van der Waals surface area contributed by atoms with Crippen LogP contribution in [0.4, 0.5) is 0 Å². The molecule has 0 heterocycles. The largest absolute Gasteiger partial charge is 0.396 e. The first-order valence-electron chi connectivity index (χ1n) is 10.1. The minimum absolute atomic E-state index is 0.370.